The summed E-state index contributed by atoms with van der Waals surface area (Å²) < 4.78 is 0. The lowest BCUT2D eigenvalue weighted by atomic mass is 9.64. The standard InChI is InChI=1S/C17H25NO2/c1-16(2,3)12-9-7-6-8-11(12)15(20)18-13-10-14(19)17(13,4)5/h6-9,13-14,19H,10H2,1-5H3,(H,18,20). The zero-order valence-electron chi connectivity index (χ0n) is 13.0. The van der Waals surface area contributed by atoms with Gasteiger partial charge in [-0.1, -0.05) is 52.8 Å². The van der Waals surface area contributed by atoms with Crippen molar-refractivity contribution in [3.8, 4) is 0 Å². The van der Waals surface area contributed by atoms with E-state index in [-0.39, 0.29) is 28.9 Å². The third-order valence-corrected chi connectivity index (χ3v) is 4.50. The highest BCUT2D eigenvalue weighted by molar-refractivity contribution is 5.96. The Bertz CT molecular complexity index is 514. The van der Waals surface area contributed by atoms with E-state index in [0.717, 1.165) is 11.1 Å². The fourth-order valence-corrected chi connectivity index (χ4v) is 2.72. The summed E-state index contributed by atoms with van der Waals surface area (Å²) in [4.78, 5) is 12.5. The van der Waals surface area contributed by atoms with Crippen LogP contribution in [-0.4, -0.2) is 23.2 Å². The molecular weight excluding hydrogens is 250 g/mol. The smallest absolute Gasteiger partial charge is 0.251 e. The lowest BCUT2D eigenvalue weighted by Gasteiger charge is -2.49. The molecule has 0 aromatic heterocycles. The molecule has 1 fully saturated rings. The maximum absolute atomic E-state index is 12.5. The number of nitrogens with one attached hydrogen (secondary N) is 1. The molecule has 1 aromatic rings. The van der Waals surface area contributed by atoms with E-state index in [0.29, 0.717) is 6.42 Å². The Hall–Kier alpha value is -1.35. The zero-order chi connectivity index (χ0) is 15.1. The lowest BCUT2D eigenvalue weighted by molar-refractivity contribution is -0.0689. The molecule has 0 aliphatic heterocycles. The predicted octanol–water partition coefficient (Wildman–Crippen LogP) is 2.87. The molecule has 0 bridgehead atoms. The van der Waals surface area contributed by atoms with E-state index < -0.39 is 0 Å². The first-order valence-corrected chi connectivity index (χ1v) is 7.22. The summed E-state index contributed by atoms with van der Waals surface area (Å²) in [5, 5.41) is 12.8. The van der Waals surface area contributed by atoms with Crippen molar-refractivity contribution in [1.29, 1.82) is 0 Å². The third-order valence-electron chi connectivity index (χ3n) is 4.50. The van der Waals surface area contributed by atoms with Gasteiger partial charge in [-0.15, -0.1) is 0 Å². The highest BCUT2D eigenvalue weighted by atomic mass is 16.3. The third kappa shape index (κ3) is 2.59. The van der Waals surface area contributed by atoms with Crippen molar-refractivity contribution >= 4 is 5.91 Å². The number of amides is 1. The van der Waals surface area contributed by atoms with Crippen LogP contribution in [0.5, 0.6) is 0 Å². The molecule has 0 heterocycles. The van der Waals surface area contributed by atoms with Crippen LogP contribution in [0.1, 0.15) is 57.0 Å². The van der Waals surface area contributed by atoms with Crippen LogP contribution in [0.3, 0.4) is 0 Å². The van der Waals surface area contributed by atoms with Crippen molar-refractivity contribution in [2.24, 2.45) is 5.41 Å². The van der Waals surface area contributed by atoms with Gasteiger partial charge < -0.3 is 10.4 Å². The second-order valence-corrected chi connectivity index (χ2v) is 7.39. The molecule has 0 radical (unpaired) electrons. The topological polar surface area (TPSA) is 49.3 Å². The van der Waals surface area contributed by atoms with Crippen molar-refractivity contribution in [2.75, 3.05) is 0 Å². The van der Waals surface area contributed by atoms with Gasteiger partial charge in [0.15, 0.2) is 0 Å². The highest BCUT2D eigenvalue weighted by Crippen LogP contribution is 2.40. The van der Waals surface area contributed by atoms with Crippen molar-refractivity contribution in [3.05, 3.63) is 35.4 Å². The average Bonchev–Trinajstić information content (AvgIpc) is 2.37. The molecule has 1 saturated carbocycles. The maximum Gasteiger partial charge on any atom is 0.251 e. The summed E-state index contributed by atoms with van der Waals surface area (Å²) in [5.74, 6) is -0.0412. The molecule has 2 atom stereocenters. The minimum absolute atomic E-state index is 0.0398. The molecule has 0 spiro atoms. The van der Waals surface area contributed by atoms with E-state index >= 15 is 0 Å². The Labute approximate surface area is 121 Å². The quantitative estimate of drug-likeness (QED) is 0.872. The Kier molecular flexibility index (Phi) is 3.67. The fourth-order valence-electron chi connectivity index (χ4n) is 2.72. The molecule has 0 saturated heterocycles. The average molecular weight is 275 g/mol. The first-order valence-electron chi connectivity index (χ1n) is 7.22. The number of benzene rings is 1. The molecule has 2 N–H and O–H groups in total. The largest absolute Gasteiger partial charge is 0.392 e. The minimum atomic E-state index is -0.328. The molecule has 1 aliphatic carbocycles. The molecule has 2 rings (SSSR count). The lowest BCUT2D eigenvalue weighted by Crippen LogP contribution is -2.61. The van der Waals surface area contributed by atoms with Crippen LogP contribution in [0.2, 0.25) is 0 Å². The predicted molar refractivity (Wildman–Crippen MR) is 80.8 cm³/mol. The molecular formula is C17H25NO2. The van der Waals surface area contributed by atoms with Gasteiger partial charge in [-0.05, 0) is 23.5 Å². The summed E-state index contributed by atoms with van der Waals surface area (Å²) in [7, 11) is 0. The Balaban J connectivity index is 2.19. The van der Waals surface area contributed by atoms with Gasteiger partial charge in [0, 0.05) is 17.0 Å². The summed E-state index contributed by atoms with van der Waals surface area (Å²) in [6.07, 6.45) is 0.307. The molecule has 1 aliphatic rings. The Morgan fingerprint density at radius 3 is 2.40 bits per heavy atom. The SMILES string of the molecule is CC(C)(C)c1ccccc1C(=O)NC1CC(O)C1(C)C. The summed E-state index contributed by atoms with van der Waals surface area (Å²) in [5.41, 5.74) is 1.47. The zero-order valence-corrected chi connectivity index (χ0v) is 13.0. The van der Waals surface area contributed by atoms with E-state index in [2.05, 4.69) is 26.1 Å². The van der Waals surface area contributed by atoms with Gasteiger partial charge in [0.05, 0.1) is 6.10 Å². The van der Waals surface area contributed by atoms with Gasteiger partial charge in [0.2, 0.25) is 0 Å². The van der Waals surface area contributed by atoms with Gasteiger partial charge in [0.1, 0.15) is 0 Å². The van der Waals surface area contributed by atoms with Gasteiger partial charge in [-0.2, -0.15) is 0 Å². The van der Waals surface area contributed by atoms with E-state index in [9.17, 15) is 9.90 Å². The fraction of sp³-hybridized carbons (Fsp3) is 0.588. The van der Waals surface area contributed by atoms with E-state index in [1.165, 1.54) is 0 Å². The van der Waals surface area contributed by atoms with E-state index in [4.69, 9.17) is 0 Å². The summed E-state index contributed by atoms with van der Waals surface area (Å²) in [6.45, 7) is 10.3. The first kappa shape index (κ1) is 15.0. The number of carbonyl (C=O) groups excluding carboxylic acids is 1. The first-order chi connectivity index (χ1) is 9.14. The van der Waals surface area contributed by atoms with Crippen LogP contribution < -0.4 is 5.32 Å². The molecule has 3 nitrogen and oxygen atoms in total. The number of carbonyl (C=O) groups is 1. The van der Waals surface area contributed by atoms with Crippen LogP contribution >= 0.6 is 0 Å². The van der Waals surface area contributed by atoms with Crippen molar-refractivity contribution in [3.63, 3.8) is 0 Å². The molecule has 2 unspecified atom stereocenters. The number of aliphatic hydroxyl groups excluding tert-OH is 1. The van der Waals surface area contributed by atoms with Crippen LogP contribution in [0.25, 0.3) is 0 Å². The normalized spacial score (nSPS) is 24.9. The Morgan fingerprint density at radius 1 is 1.30 bits per heavy atom. The second-order valence-electron chi connectivity index (χ2n) is 7.39. The number of aliphatic hydroxyl groups is 1. The molecule has 3 heteroatoms. The van der Waals surface area contributed by atoms with Gasteiger partial charge in [-0.3, -0.25) is 4.79 Å². The van der Waals surface area contributed by atoms with Gasteiger partial charge in [-0.25, -0.2) is 0 Å². The van der Waals surface area contributed by atoms with E-state index in [1.54, 1.807) is 0 Å². The second kappa shape index (κ2) is 4.88. The van der Waals surface area contributed by atoms with Crippen LogP contribution in [0.4, 0.5) is 0 Å². The minimum Gasteiger partial charge on any atom is -0.392 e. The molecule has 20 heavy (non-hydrogen) atoms. The van der Waals surface area contributed by atoms with Crippen LogP contribution in [-0.2, 0) is 5.41 Å². The summed E-state index contributed by atoms with van der Waals surface area (Å²) in [6, 6.07) is 7.78. The monoisotopic (exact) mass is 275 g/mol. The number of hydrogen-bond donors (Lipinski definition) is 2. The van der Waals surface area contributed by atoms with E-state index in [1.807, 2.05) is 38.1 Å². The van der Waals surface area contributed by atoms with Crippen molar-refractivity contribution in [1.82, 2.24) is 5.32 Å². The number of rotatable bonds is 2. The number of hydrogen-bond acceptors (Lipinski definition) is 2. The summed E-state index contributed by atoms with van der Waals surface area (Å²) >= 11 is 0. The maximum atomic E-state index is 12.5. The van der Waals surface area contributed by atoms with Crippen LogP contribution in [0.15, 0.2) is 24.3 Å². The molecule has 110 valence electrons. The van der Waals surface area contributed by atoms with Crippen molar-refractivity contribution < 1.29 is 9.90 Å². The van der Waals surface area contributed by atoms with Crippen molar-refractivity contribution in [2.45, 2.75) is 58.6 Å². The van der Waals surface area contributed by atoms with Crippen LogP contribution in [0, 0.1) is 5.41 Å². The van der Waals surface area contributed by atoms with Gasteiger partial charge >= 0.3 is 0 Å². The Morgan fingerprint density at radius 2 is 1.90 bits per heavy atom. The van der Waals surface area contributed by atoms with Gasteiger partial charge in [0.25, 0.3) is 5.91 Å². The highest BCUT2D eigenvalue weighted by Gasteiger charge is 2.48. The molecule has 1 amide bonds. The molecule has 1 aromatic carbocycles.